The van der Waals surface area contributed by atoms with Crippen LogP contribution in [0.5, 0.6) is 0 Å². The van der Waals surface area contributed by atoms with Gasteiger partial charge in [-0.15, -0.1) is 0 Å². The van der Waals surface area contributed by atoms with Crippen molar-refractivity contribution in [3.8, 4) is 0 Å². The van der Waals surface area contributed by atoms with Gasteiger partial charge in [0.25, 0.3) is 0 Å². The summed E-state index contributed by atoms with van der Waals surface area (Å²) in [6.07, 6.45) is 1.67. The highest BCUT2D eigenvalue weighted by Gasteiger charge is 2.81. The topological polar surface area (TPSA) is 54.5 Å². The molecule has 180 valence electrons. The van der Waals surface area contributed by atoms with Crippen molar-refractivity contribution in [3.05, 3.63) is 118 Å². The van der Waals surface area contributed by atoms with E-state index < -0.39 is 16.9 Å². The van der Waals surface area contributed by atoms with Gasteiger partial charge in [0.05, 0.1) is 0 Å². The maximum Gasteiger partial charge on any atom is 0.189 e. The number of carbonyl (C=O) groups is 3. The summed E-state index contributed by atoms with van der Waals surface area (Å²) < 4.78 is 0. The number of nitrogens with zero attached hydrogens (tertiary/aromatic N) is 1. The van der Waals surface area contributed by atoms with E-state index in [0.29, 0.717) is 28.3 Å². The fourth-order valence-electron chi connectivity index (χ4n) is 8.31. The summed E-state index contributed by atoms with van der Waals surface area (Å²) in [6, 6.07) is 26.0. The number of Topliss-reactive ketones (excluding diaryl/α,β-unsaturated/α-hetero) is 3. The van der Waals surface area contributed by atoms with E-state index in [4.69, 9.17) is 11.6 Å². The molecule has 2 aliphatic carbocycles. The zero-order chi connectivity index (χ0) is 25.1. The van der Waals surface area contributed by atoms with Gasteiger partial charge in [0.2, 0.25) is 0 Å². The second kappa shape index (κ2) is 7.03. The fourth-order valence-corrected chi connectivity index (χ4v) is 8.56. The van der Waals surface area contributed by atoms with Gasteiger partial charge in [0.15, 0.2) is 17.3 Å². The number of benzene rings is 4. The SMILES string of the molecule is O=C1c2ccccc2C(=O)C12[C@H](c1ccccc1Cl)[C@H]1CCCN1C21C(=O)c2cccc3cccc1c23. The molecule has 8 rings (SSSR count). The molecule has 0 aromatic heterocycles. The maximum absolute atomic E-state index is 14.9. The standard InChI is InChI=1S/C32H22ClNO3/c33-24-15-4-3-12-21(24)27-25-16-7-17-34(25)32(31(27)28(35)19-10-1-2-11-20(19)29(31)36)23-14-6-9-18-8-5-13-22(26(18)23)30(32)37/h1-6,8-15,25,27H,7,16-17H2/t25-,27-,32?/m1/s1. The van der Waals surface area contributed by atoms with E-state index in [1.165, 1.54) is 0 Å². The minimum Gasteiger partial charge on any atom is -0.293 e. The second-order valence-corrected chi connectivity index (χ2v) is 11.1. The van der Waals surface area contributed by atoms with Crippen LogP contribution >= 0.6 is 11.6 Å². The van der Waals surface area contributed by atoms with Crippen LogP contribution in [0.4, 0.5) is 0 Å². The van der Waals surface area contributed by atoms with Crippen molar-refractivity contribution in [2.45, 2.75) is 30.3 Å². The molecule has 2 heterocycles. The van der Waals surface area contributed by atoms with Crippen molar-refractivity contribution >= 4 is 39.7 Å². The molecule has 4 aliphatic rings. The first-order valence-electron chi connectivity index (χ1n) is 12.8. The Morgan fingerprint density at radius 2 is 1.38 bits per heavy atom. The lowest BCUT2D eigenvalue weighted by Gasteiger charge is -2.44. The monoisotopic (exact) mass is 503 g/mol. The number of ketones is 3. The molecule has 0 amide bonds. The van der Waals surface area contributed by atoms with Gasteiger partial charge in [-0.3, -0.25) is 19.3 Å². The average molecular weight is 504 g/mol. The molecule has 0 saturated carbocycles. The van der Waals surface area contributed by atoms with Crippen LogP contribution in [0.3, 0.4) is 0 Å². The third-order valence-electron chi connectivity index (χ3n) is 9.39. The number of rotatable bonds is 1. The lowest BCUT2D eigenvalue weighted by molar-refractivity contribution is 0.0278. The highest BCUT2D eigenvalue weighted by molar-refractivity contribution is 6.37. The quantitative estimate of drug-likeness (QED) is 0.290. The van der Waals surface area contributed by atoms with Crippen LogP contribution in [0.25, 0.3) is 10.8 Å². The summed E-state index contributed by atoms with van der Waals surface area (Å²) in [6.45, 7) is 0.639. The minimum absolute atomic E-state index is 0.143. The maximum atomic E-state index is 14.9. The Morgan fingerprint density at radius 3 is 2.11 bits per heavy atom. The summed E-state index contributed by atoms with van der Waals surface area (Å²) in [4.78, 5) is 46.9. The van der Waals surface area contributed by atoms with E-state index in [2.05, 4.69) is 4.90 Å². The van der Waals surface area contributed by atoms with Crippen molar-refractivity contribution in [2.24, 2.45) is 5.41 Å². The molecule has 2 saturated heterocycles. The van der Waals surface area contributed by atoms with Crippen LogP contribution in [0.2, 0.25) is 5.02 Å². The first kappa shape index (κ1) is 21.5. The van der Waals surface area contributed by atoms with E-state index in [1.807, 2.05) is 60.7 Å². The first-order valence-corrected chi connectivity index (χ1v) is 13.2. The predicted molar refractivity (Wildman–Crippen MR) is 141 cm³/mol. The Labute approximate surface area is 218 Å². The molecule has 4 aromatic rings. The van der Waals surface area contributed by atoms with Crippen molar-refractivity contribution in [1.82, 2.24) is 4.90 Å². The van der Waals surface area contributed by atoms with Gasteiger partial charge in [0.1, 0.15) is 11.0 Å². The molecule has 37 heavy (non-hydrogen) atoms. The van der Waals surface area contributed by atoms with Crippen molar-refractivity contribution in [1.29, 1.82) is 0 Å². The van der Waals surface area contributed by atoms with Crippen LogP contribution in [-0.4, -0.2) is 34.8 Å². The third-order valence-corrected chi connectivity index (χ3v) is 9.74. The summed E-state index contributed by atoms with van der Waals surface area (Å²) in [7, 11) is 0. The Hall–Kier alpha value is -3.60. The van der Waals surface area contributed by atoms with E-state index >= 15 is 0 Å². The molecule has 4 aromatic carbocycles. The fraction of sp³-hybridized carbons (Fsp3) is 0.219. The van der Waals surface area contributed by atoms with E-state index in [9.17, 15) is 14.4 Å². The normalized spacial score (nSPS) is 27.1. The van der Waals surface area contributed by atoms with E-state index in [1.54, 1.807) is 24.3 Å². The Morgan fingerprint density at radius 1 is 0.730 bits per heavy atom. The first-order chi connectivity index (χ1) is 18.0. The van der Waals surface area contributed by atoms with Gasteiger partial charge < -0.3 is 0 Å². The van der Waals surface area contributed by atoms with Gasteiger partial charge in [-0.2, -0.15) is 0 Å². The molecular weight excluding hydrogens is 482 g/mol. The molecule has 0 radical (unpaired) electrons. The average Bonchev–Trinajstić information content (AvgIpc) is 3.62. The highest BCUT2D eigenvalue weighted by Crippen LogP contribution is 2.71. The molecule has 0 bridgehead atoms. The lowest BCUT2D eigenvalue weighted by atomic mass is 9.56. The van der Waals surface area contributed by atoms with E-state index in [0.717, 1.165) is 34.7 Å². The molecule has 3 atom stereocenters. The molecular formula is C32H22ClNO3. The number of carbonyl (C=O) groups excluding carboxylic acids is 3. The Balaban J connectivity index is 1.56. The number of hydrogen-bond acceptors (Lipinski definition) is 4. The van der Waals surface area contributed by atoms with Crippen LogP contribution in [0.15, 0.2) is 84.9 Å². The van der Waals surface area contributed by atoms with Gasteiger partial charge in [0, 0.05) is 33.7 Å². The number of fused-ring (bicyclic) bond motifs is 5. The van der Waals surface area contributed by atoms with Crippen LogP contribution in [-0.2, 0) is 5.54 Å². The van der Waals surface area contributed by atoms with Crippen molar-refractivity contribution in [2.75, 3.05) is 6.54 Å². The molecule has 2 aliphatic heterocycles. The summed E-state index contributed by atoms with van der Waals surface area (Å²) in [5.41, 5.74) is -0.118. The zero-order valence-electron chi connectivity index (χ0n) is 19.9. The van der Waals surface area contributed by atoms with Crippen LogP contribution < -0.4 is 0 Å². The van der Waals surface area contributed by atoms with Crippen molar-refractivity contribution in [3.63, 3.8) is 0 Å². The molecule has 2 fully saturated rings. The largest absolute Gasteiger partial charge is 0.293 e. The van der Waals surface area contributed by atoms with Crippen LogP contribution in [0.1, 0.15) is 61.0 Å². The van der Waals surface area contributed by atoms with Gasteiger partial charge in [-0.1, -0.05) is 90.5 Å². The van der Waals surface area contributed by atoms with Crippen LogP contribution in [0, 0.1) is 5.41 Å². The molecule has 2 spiro atoms. The molecule has 1 unspecified atom stereocenters. The van der Waals surface area contributed by atoms with Gasteiger partial charge >= 0.3 is 0 Å². The number of hydrogen-bond donors (Lipinski definition) is 0. The van der Waals surface area contributed by atoms with Gasteiger partial charge in [-0.25, -0.2) is 0 Å². The smallest absolute Gasteiger partial charge is 0.189 e. The zero-order valence-corrected chi connectivity index (χ0v) is 20.7. The molecule has 5 heteroatoms. The molecule has 4 nitrogen and oxygen atoms in total. The lowest BCUT2D eigenvalue weighted by Crippen LogP contribution is -2.60. The van der Waals surface area contributed by atoms with Gasteiger partial charge in [-0.05, 0) is 47.4 Å². The summed E-state index contributed by atoms with van der Waals surface area (Å²) >= 11 is 6.84. The highest BCUT2D eigenvalue weighted by atomic mass is 35.5. The predicted octanol–water partition coefficient (Wildman–Crippen LogP) is 6.21. The van der Waals surface area contributed by atoms with Crippen molar-refractivity contribution < 1.29 is 14.4 Å². The number of halogens is 1. The van der Waals surface area contributed by atoms with E-state index in [-0.39, 0.29) is 23.4 Å². The summed E-state index contributed by atoms with van der Waals surface area (Å²) in [5, 5.41) is 2.33. The Kier molecular flexibility index (Phi) is 4.08. The Bertz CT molecular complexity index is 1680. The summed E-state index contributed by atoms with van der Waals surface area (Å²) in [5.74, 6) is -1.21. The third kappa shape index (κ3) is 2.17. The second-order valence-electron chi connectivity index (χ2n) is 10.7. The molecule has 0 N–H and O–H groups in total. The minimum atomic E-state index is -1.64.